The van der Waals surface area contributed by atoms with E-state index in [0.29, 0.717) is 5.92 Å². The number of benzene rings is 1. The van der Waals surface area contributed by atoms with E-state index in [0.717, 1.165) is 22.5 Å². The van der Waals surface area contributed by atoms with Crippen molar-refractivity contribution >= 4 is 43.1 Å². The summed E-state index contributed by atoms with van der Waals surface area (Å²) in [4.78, 5) is 9.28. The van der Waals surface area contributed by atoms with Crippen LogP contribution in [-0.2, 0) is 0 Å². The van der Waals surface area contributed by atoms with Gasteiger partial charge in [-0.05, 0) is 25.5 Å². The van der Waals surface area contributed by atoms with Crippen LogP contribution in [0.5, 0.6) is 0 Å². The highest BCUT2D eigenvalue weighted by Gasteiger charge is 2.11. The molecule has 0 radical (unpaired) electrons. The fourth-order valence-corrected chi connectivity index (χ4v) is 3.83. The molecule has 3 rings (SSSR count). The normalized spacial score (nSPS) is 13.6. The average Bonchev–Trinajstić information content (AvgIpc) is 2.85. The van der Waals surface area contributed by atoms with Gasteiger partial charge < -0.3 is 0 Å². The van der Waals surface area contributed by atoms with Crippen molar-refractivity contribution in [3.8, 4) is 0 Å². The van der Waals surface area contributed by atoms with Crippen molar-refractivity contribution in [2.45, 2.75) is 33.1 Å². The molecule has 2 heterocycles. The molecule has 3 aromatic rings. The average molecular weight is 262 g/mol. The Morgan fingerprint density at radius 1 is 1.12 bits per heavy atom. The topological polar surface area (TPSA) is 25.8 Å². The van der Waals surface area contributed by atoms with Crippen molar-refractivity contribution in [1.82, 2.24) is 9.97 Å². The second kappa shape index (κ2) is 4.03. The number of aromatic nitrogens is 2. The van der Waals surface area contributed by atoms with E-state index in [1.807, 2.05) is 11.3 Å². The standard InChI is InChI=1S/C13H14N2S2/c1-4-7(2)13-15-10-6-11-9(5-12(10)17-13)14-8(3)16-11/h5-7H,4H2,1-3H3. The lowest BCUT2D eigenvalue weighted by atomic mass is 10.1. The van der Waals surface area contributed by atoms with E-state index in [2.05, 4.69) is 37.9 Å². The highest BCUT2D eigenvalue weighted by molar-refractivity contribution is 7.20. The van der Waals surface area contributed by atoms with Gasteiger partial charge in [0.05, 0.1) is 30.4 Å². The third kappa shape index (κ3) is 1.85. The van der Waals surface area contributed by atoms with Crippen molar-refractivity contribution in [2.24, 2.45) is 0 Å². The van der Waals surface area contributed by atoms with Gasteiger partial charge in [-0.2, -0.15) is 0 Å². The monoisotopic (exact) mass is 262 g/mol. The lowest BCUT2D eigenvalue weighted by Crippen LogP contribution is -1.88. The summed E-state index contributed by atoms with van der Waals surface area (Å²) in [6.45, 7) is 6.50. The molecule has 0 spiro atoms. The molecule has 0 aliphatic carbocycles. The fourth-order valence-electron chi connectivity index (χ4n) is 1.87. The third-order valence-electron chi connectivity index (χ3n) is 3.06. The Balaban J connectivity index is 2.22. The van der Waals surface area contributed by atoms with Gasteiger partial charge in [-0.25, -0.2) is 9.97 Å². The zero-order valence-electron chi connectivity index (χ0n) is 10.2. The van der Waals surface area contributed by atoms with Crippen LogP contribution in [-0.4, -0.2) is 9.97 Å². The maximum Gasteiger partial charge on any atom is 0.0966 e. The van der Waals surface area contributed by atoms with E-state index in [1.165, 1.54) is 14.4 Å². The first-order valence-electron chi connectivity index (χ1n) is 5.85. The first-order chi connectivity index (χ1) is 8.17. The summed E-state index contributed by atoms with van der Waals surface area (Å²) < 4.78 is 2.51. The molecule has 2 nitrogen and oxygen atoms in total. The summed E-state index contributed by atoms with van der Waals surface area (Å²) in [6.07, 6.45) is 1.14. The Morgan fingerprint density at radius 2 is 1.76 bits per heavy atom. The molecule has 1 unspecified atom stereocenters. The Hall–Kier alpha value is -1.00. The molecule has 2 aromatic heterocycles. The number of nitrogens with zero attached hydrogens (tertiary/aromatic N) is 2. The Morgan fingerprint density at radius 3 is 2.47 bits per heavy atom. The predicted octanol–water partition coefficient (Wildman–Crippen LogP) is 4.73. The Labute approximate surface area is 108 Å². The van der Waals surface area contributed by atoms with E-state index >= 15 is 0 Å². The van der Waals surface area contributed by atoms with E-state index in [4.69, 9.17) is 4.98 Å². The van der Waals surface area contributed by atoms with Crippen LogP contribution in [0.15, 0.2) is 12.1 Å². The van der Waals surface area contributed by atoms with Gasteiger partial charge in [-0.3, -0.25) is 0 Å². The molecular formula is C13H14N2S2. The first kappa shape index (κ1) is 11.1. The number of hydrogen-bond donors (Lipinski definition) is 0. The molecule has 0 saturated carbocycles. The molecular weight excluding hydrogens is 248 g/mol. The summed E-state index contributed by atoms with van der Waals surface area (Å²) in [5.74, 6) is 0.556. The molecule has 17 heavy (non-hydrogen) atoms. The smallest absolute Gasteiger partial charge is 0.0966 e. The van der Waals surface area contributed by atoms with E-state index in [1.54, 1.807) is 11.3 Å². The predicted molar refractivity (Wildman–Crippen MR) is 76.2 cm³/mol. The van der Waals surface area contributed by atoms with Gasteiger partial charge in [0.1, 0.15) is 0 Å². The highest BCUT2D eigenvalue weighted by atomic mass is 32.1. The van der Waals surface area contributed by atoms with Crippen LogP contribution in [0.2, 0.25) is 0 Å². The molecule has 0 bridgehead atoms. The second-order valence-electron chi connectivity index (χ2n) is 4.38. The van der Waals surface area contributed by atoms with Crippen LogP contribution >= 0.6 is 22.7 Å². The van der Waals surface area contributed by atoms with Crippen LogP contribution in [0, 0.1) is 6.92 Å². The first-order valence-corrected chi connectivity index (χ1v) is 7.48. The van der Waals surface area contributed by atoms with Crippen molar-refractivity contribution in [3.63, 3.8) is 0 Å². The van der Waals surface area contributed by atoms with Crippen molar-refractivity contribution in [2.75, 3.05) is 0 Å². The number of aryl methyl sites for hydroxylation is 1. The summed E-state index contributed by atoms with van der Waals surface area (Å²) in [6, 6.07) is 4.36. The molecule has 1 aromatic carbocycles. The van der Waals surface area contributed by atoms with E-state index < -0.39 is 0 Å². The van der Waals surface area contributed by atoms with Gasteiger partial charge in [0.2, 0.25) is 0 Å². The number of thiazole rings is 2. The largest absolute Gasteiger partial charge is 0.241 e. The fraction of sp³-hybridized carbons (Fsp3) is 0.385. The van der Waals surface area contributed by atoms with Crippen molar-refractivity contribution < 1.29 is 0 Å². The maximum absolute atomic E-state index is 4.74. The SMILES string of the molecule is CCC(C)c1nc2cc3sc(C)nc3cc2s1. The third-order valence-corrected chi connectivity index (χ3v) is 5.24. The number of rotatable bonds is 2. The van der Waals surface area contributed by atoms with Gasteiger partial charge in [0, 0.05) is 5.92 Å². The molecule has 1 atom stereocenters. The Bertz CT molecular complexity index is 630. The van der Waals surface area contributed by atoms with Crippen LogP contribution in [0.3, 0.4) is 0 Å². The zero-order chi connectivity index (χ0) is 12.0. The lowest BCUT2D eigenvalue weighted by molar-refractivity contribution is 0.729. The minimum atomic E-state index is 0.556. The van der Waals surface area contributed by atoms with E-state index in [9.17, 15) is 0 Å². The van der Waals surface area contributed by atoms with Gasteiger partial charge in [0.25, 0.3) is 0 Å². The molecule has 0 N–H and O–H groups in total. The quantitative estimate of drug-likeness (QED) is 0.667. The van der Waals surface area contributed by atoms with Gasteiger partial charge >= 0.3 is 0 Å². The van der Waals surface area contributed by atoms with Gasteiger partial charge in [-0.15, -0.1) is 22.7 Å². The molecule has 4 heteroatoms. The summed E-state index contributed by atoms with van der Waals surface area (Å²) in [7, 11) is 0. The van der Waals surface area contributed by atoms with Gasteiger partial charge in [-0.1, -0.05) is 13.8 Å². The molecule has 0 aliphatic heterocycles. The summed E-state index contributed by atoms with van der Waals surface area (Å²) in [5, 5.41) is 2.37. The second-order valence-corrected chi connectivity index (χ2v) is 6.68. The molecule has 88 valence electrons. The van der Waals surface area contributed by atoms with Gasteiger partial charge in [0.15, 0.2) is 0 Å². The lowest BCUT2D eigenvalue weighted by Gasteiger charge is -2.00. The molecule has 0 saturated heterocycles. The molecule has 0 amide bonds. The minimum Gasteiger partial charge on any atom is -0.241 e. The molecule has 0 fully saturated rings. The Kier molecular flexibility index (Phi) is 2.64. The van der Waals surface area contributed by atoms with Crippen molar-refractivity contribution in [1.29, 1.82) is 0 Å². The van der Waals surface area contributed by atoms with Crippen LogP contribution < -0.4 is 0 Å². The number of fused-ring (bicyclic) bond motifs is 2. The van der Waals surface area contributed by atoms with E-state index in [-0.39, 0.29) is 0 Å². The zero-order valence-corrected chi connectivity index (χ0v) is 11.8. The summed E-state index contributed by atoms with van der Waals surface area (Å²) >= 11 is 3.55. The molecule has 0 aliphatic rings. The number of hydrogen-bond acceptors (Lipinski definition) is 4. The minimum absolute atomic E-state index is 0.556. The summed E-state index contributed by atoms with van der Waals surface area (Å²) in [5.41, 5.74) is 2.24. The van der Waals surface area contributed by atoms with Crippen molar-refractivity contribution in [3.05, 3.63) is 22.1 Å². The van der Waals surface area contributed by atoms with Crippen LogP contribution in [0.25, 0.3) is 20.4 Å². The van der Waals surface area contributed by atoms with Crippen LogP contribution in [0.1, 0.15) is 36.2 Å². The highest BCUT2D eigenvalue weighted by Crippen LogP contribution is 2.33. The van der Waals surface area contributed by atoms with Crippen LogP contribution in [0.4, 0.5) is 0 Å². The maximum atomic E-state index is 4.74.